The molecule has 0 heterocycles. The van der Waals surface area contributed by atoms with E-state index in [9.17, 15) is 4.57 Å². The Kier molecular flexibility index (Phi) is 31.8. The van der Waals surface area contributed by atoms with Gasteiger partial charge in [0.15, 0.2) is 0 Å². The van der Waals surface area contributed by atoms with Gasteiger partial charge in [0.25, 0.3) is 0 Å². The molecule has 38 heavy (non-hydrogen) atoms. The van der Waals surface area contributed by atoms with E-state index in [0.29, 0.717) is 19.4 Å². The predicted molar refractivity (Wildman–Crippen MR) is 171 cm³/mol. The zero-order chi connectivity index (χ0) is 27.8. The molecule has 0 aromatic heterocycles. The fourth-order valence-corrected chi connectivity index (χ4v) is 6.95. The molecule has 0 amide bonds. The van der Waals surface area contributed by atoms with Crippen LogP contribution in [0, 0.1) is 0 Å². The minimum atomic E-state index is -2.94. The number of hydrogen-bond donors (Lipinski definition) is 0. The third kappa shape index (κ3) is 29.1. The van der Waals surface area contributed by atoms with Crippen molar-refractivity contribution in [1.82, 2.24) is 0 Å². The van der Waals surface area contributed by atoms with Crippen LogP contribution in [0.25, 0.3) is 0 Å². The molecule has 0 saturated heterocycles. The molecule has 0 aliphatic rings. The summed E-state index contributed by atoms with van der Waals surface area (Å²) in [5.41, 5.74) is 0. The van der Waals surface area contributed by atoms with E-state index in [4.69, 9.17) is 9.05 Å². The summed E-state index contributed by atoms with van der Waals surface area (Å²) in [5.74, 6) is 0. The summed E-state index contributed by atoms with van der Waals surface area (Å²) in [6.07, 6.45) is 36.8. The van der Waals surface area contributed by atoms with Gasteiger partial charge in [-0.1, -0.05) is 181 Å². The van der Waals surface area contributed by atoms with Crippen molar-refractivity contribution in [3.05, 3.63) is 0 Å². The second kappa shape index (κ2) is 31.7. The van der Waals surface area contributed by atoms with Crippen LogP contribution in [0.2, 0.25) is 0 Å². The van der Waals surface area contributed by atoms with E-state index in [1.165, 1.54) is 154 Å². The first-order chi connectivity index (χ1) is 18.7. The lowest BCUT2D eigenvalue weighted by Crippen LogP contribution is -2.04. The average Bonchev–Trinajstić information content (AvgIpc) is 2.92. The van der Waals surface area contributed by atoms with Gasteiger partial charge in [0.05, 0.1) is 19.4 Å². The third-order valence-corrected chi connectivity index (χ3v) is 9.87. The van der Waals surface area contributed by atoms with Crippen LogP contribution in [0.15, 0.2) is 0 Å². The molecule has 0 aliphatic carbocycles. The van der Waals surface area contributed by atoms with Gasteiger partial charge >= 0.3 is 7.60 Å². The lowest BCUT2D eigenvalue weighted by Gasteiger charge is -2.19. The monoisotopic (exact) mass is 559 g/mol. The van der Waals surface area contributed by atoms with E-state index >= 15 is 0 Å². The first kappa shape index (κ1) is 38.1. The Hall–Kier alpha value is 0.150. The van der Waals surface area contributed by atoms with Crippen LogP contribution >= 0.6 is 7.60 Å². The van der Waals surface area contributed by atoms with E-state index in [0.717, 1.165) is 25.7 Å². The third-order valence-electron chi connectivity index (χ3n) is 7.86. The van der Waals surface area contributed by atoms with Crippen molar-refractivity contribution < 1.29 is 13.6 Å². The Morgan fingerprint density at radius 1 is 0.342 bits per heavy atom. The predicted octanol–water partition coefficient (Wildman–Crippen LogP) is 13.2. The molecule has 0 atom stereocenters. The van der Waals surface area contributed by atoms with Crippen molar-refractivity contribution >= 4 is 7.60 Å². The van der Waals surface area contributed by atoms with E-state index in [-0.39, 0.29) is 0 Å². The Morgan fingerprint density at radius 3 is 0.868 bits per heavy atom. The number of unbranched alkanes of at least 4 members (excludes halogenated alkanes) is 25. The van der Waals surface area contributed by atoms with Crippen LogP contribution in [-0.2, 0) is 13.6 Å². The van der Waals surface area contributed by atoms with Crippen molar-refractivity contribution in [2.45, 2.75) is 201 Å². The maximum atomic E-state index is 13.5. The molecule has 4 heteroatoms. The molecular weight excluding hydrogens is 487 g/mol. The summed E-state index contributed by atoms with van der Waals surface area (Å²) in [6.45, 7) is 8.02. The van der Waals surface area contributed by atoms with Gasteiger partial charge < -0.3 is 9.05 Å². The minimum Gasteiger partial charge on any atom is -0.309 e. The highest BCUT2D eigenvalue weighted by molar-refractivity contribution is 7.53. The van der Waals surface area contributed by atoms with Gasteiger partial charge in [-0.25, -0.2) is 0 Å². The van der Waals surface area contributed by atoms with Gasteiger partial charge in [0.1, 0.15) is 0 Å². The molecule has 230 valence electrons. The molecule has 0 saturated carbocycles. The maximum absolute atomic E-state index is 13.5. The highest BCUT2D eigenvalue weighted by Crippen LogP contribution is 2.49. The minimum absolute atomic E-state index is 0.599. The topological polar surface area (TPSA) is 35.5 Å². The van der Waals surface area contributed by atoms with Crippen molar-refractivity contribution in [3.8, 4) is 0 Å². The maximum Gasteiger partial charge on any atom is 0.330 e. The quantitative estimate of drug-likeness (QED) is 0.0593. The summed E-state index contributed by atoms with van der Waals surface area (Å²) in [5, 5.41) is 0. The van der Waals surface area contributed by atoms with Gasteiger partial charge in [-0.3, -0.25) is 4.57 Å². The van der Waals surface area contributed by atoms with Crippen LogP contribution < -0.4 is 0 Å². The fraction of sp³-hybridized carbons (Fsp3) is 1.00. The Bertz CT molecular complexity index is 456. The molecule has 0 aliphatic heterocycles. The summed E-state index contributed by atoms with van der Waals surface area (Å²) >= 11 is 0. The Morgan fingerprint density at radius 2 is 0.579 bits per heavy atom. The first-order valence-corrected chi connectivity index (χ1v) is 19.3. The second-order valence-electron chi connectivity index (χ2n) is 11.8. The zero-order valence-electron chi connectivity index (χ0n) is 26.6. The summed E-state index contributed by atoms with van der Waals surface area (Å²) in [6, 6.07) is 0. The van der Waals surface area contributed by atoms with E-state index in [2.05, 4.69) is 20.8 Å². The van der Waals surface area contributed by atoms with Gasteiger partial charge in [-0.2, -0.15) is 0 Å². The molecule has 0 fully saturated rings. The van der Waals surface area contributed by atoms with Crippen LogP contribution in [0.3, 0.4) is 0 Å². The standard InChI is InChI=1S/C34H71O3P/c1-4-7-10-13-16-19-20-21-22-25-28-31-34-38(35,36-32-29-26-23-17-14-11-8-5-2)37-33-30-27-24-18-15-12-9-6-3/h4-34H2,1-3H3. The smallest absolute Gasteiger partial charge is 0.309 e. The molecule has 3 nitrogen and oxygen atoms in total. The SMILES string of the molecule is CCCCCCCCCCCCCCP(=O)(OCCCCCCCCCC)OCCCCCCCCCC. The molecule has 0 aromatic rings. The lowest BCUT2D eigenvalue weighted by atomic mass is 10.1. The molecular formula is C34H71O3P. The van der Waals surface area contributed by atoms with Crippen molar-refractivity contribution in [2.75, 3.05) is 19.4 Å². The van der Waals surface area contributed by atoms with Crippen LogP contribution in [0.5, 0.6) is 0 Å². The van der Waals surface area contributed by atoms with Crippen LogP contribution in [0.4, 0.5) is 0 Å². The molecule has 0 rings (SSSR count). The highest BCUT2D eigenvalue weighted by atomic mass is 31.2. The lowest BCUT2D eigenvalue weighted by molar-refractivity contribution is 0.197. The number of hydrogen-bond acceptors (Lipinski definition) is 3. The molecule has 0 radical (unpaired) electrons. The number of rotatable bonds is 33. The normalized spacial score (nSPS) is 12.0. The second-order valence-corrected chi connectivity index (χ2v) is 14.0. The highest BCUT2D eigenvalue weighted by Gasteiger charge is 2.23. The average molecular weight is 559 g/mol. The summed E-state index contributed by atoms with van der Waals surface area (Å²) in [4.78, 5) is 0. The summed E-state index contributed by atoms with van der Waals surface area (Å²) < 4.78 is 25.4. The Balaban J connectivity index is 4.04. The van der Waals surface area contributed by atoms with Gasteiger partial charge in [-0.15, -0.1) is 0 Å². The van der Waals surface area contributed by atoms with Crippen LogP contribution in [0.1, 0.15) is 201 Å². The van der Waals surface area contributed by atoms with E-state index in [1.54, 1.807) is 0 Å². The molecule has 0 bridgehead atoms. The van der Waals surface area contributed by atoms with Crippen molar-refractivity contribution in [3.63, 3.8) is 0 Å². The summed E-state index contributed by atoms with van der Waals surface area (Å²) in [7, 11) is -2.94. The van der Waals surface area contributed by atoms with E-state index in [1.807, 2.05) is 0 Å². The van der Waals surface area contributed by atoms with Gasteiger partial charge in [-0.05, 0) is 19.3 Å². The molecule has 0 spiro atoms. The zero-order valence-corrected chi connectivity index (χ0v) is 27.5. The van der Waals surface area contributed by atoms with E-state index < -0.39 is 7.60 Å². The molecule has 0 N–H and O–H groups in total. The Labute approximate surface area is 240 Å². The van der Waals surface area contributed by atoms with Gasteiger partial charge in [0.2, 0.25) is 0 Å². The van der Waals surface area contributed by atoms with Crippen molar-refractivity contribution in [1.29, 1.82) is 0 Å². The molecule has 0 aromatic carbocycles. The first-order valence-electron chi connectivity index (χ1n) is 17.6. The van der Waals surface area contributed by atoms with Crippen LogP contribution in [-0.4, -0.2) is 19.4 Å². The largest absolute Gasteiger partial charge is 0.330 e. The fourth-order valence-electron chi connectivity index (χ4n) is 5.19. The van der Waals surface area contributed by atoms with Gasteiger partial charge in [0, 0.05) is 0 Å². The molecule has 0 unspecified atom stereocenters. The van der Waals surface area contributed by atoms with Crippen molar-refractivity contribution in [2.24, 2.45) is 0 Å².